The van der Waals surface area contributed by atoms with Crippen molar-refractivity contribution in [1.29, 1.82) is 5.41 Å². The van der Waals surface area contributed by atoms with Crippen LogP contribution in [0.5, 0.6) is 5.75 Å². The average Bonchev–Trinajstić information content (AvgIpc) is 2.16. The van der Waals surface area contributed by atoms with E-state index in [0.29, 0.717) is 11.3 Å². The van der Waals surface area contributed by atoms with Gasteiger partial charge in [-0.2, -0.15) is 0 Å². The maximum Gasteiger partial charge on any atom is 0.169 e. The van der Waals surface area contributed by atoms with E-state index in [0.717, 1.165) is 11.8 Å². The molecule has 0 bridgehead atoms. The molecule has 3 nitrogen and oxygen atoms in total. The predicted molar refractivity (Wildman–Crippen MR) is 63.4 cm³/mol. The van der Waals surface area contributed by atoms with E-state index in [1.807, 2.05) is 0 Å². The number of amidine groups is 1. The van der Waals surface area contributed by atoms with Gasteiger partial charge in [0.2, 0.25) is 0 Å². The van der Waals surface area contributed by atoms with Crippen LogP contribution in [0.2, 0.25) is 0 Å². The summed E-state index contributed by atoms with van der Waals surface area (Å²) in [4.78, 5) is 0. The van der Waals surface area contributed by atoms with E-state index >= 15 is 0 Å². The van der Waals surface area contributed by atoms with Gasteiger partial charge in [0, 0.05) is 11.3 Å². The molecule has 3 N–H and O–H groups in total. The Morgan fingerprint density at radius 1 is 1.60 bits per heavy atom. The number of hydrogen-bond donors (Lipinski definition) is 2. The molecule has 0 saturated carbocycles. The Morgan fingerprint density at radius 2 is 2.27 bits per heavy atom. The first-order valence-corrected chi connectivity index (χ1v) is 4.92. The number of ether oxygens (including phenoxy) is 1. The van der Waals surface area contributed by atoms with Gasteiger partial charge in [0.05, 0.1) is 7.11 Å². The maximum atomic E-state index is 13.5. The Hall–Kier alpha value is -0.940. The number of benzene rings is 1. The quantitative estimate of drug-likeness (QED) is 0.640. The van der Waals surface area contributed by atoms with E-state index in [9.17, 15) is 4.39 Å². The van der Waals surface area contributed by atoms with Crippen LogP contribution in [0.3, 0.4) is 0 Å². The minimum absolute atomic E-state index is 0. The van der Waals surface area contributed by atoms with E-state index in [2.05, 4.69) is 0 Å². The first-order chi connectivity index (χ1) is 6.65. The molecule has 1 rings (SSSR count). The molecule has 0 heterocycles. The number of rotatable bonds is 3. The number of hydrogen-bond acceptors (Lipinski definition) is 3. The third-order valence-corrected chi connectivity index (χ3v) is 2.41. The summed E-state index contributed by atoms with van der Waals surface area (Å²) in [6, 6.07) is 4.91. The lowest BCUT2D eigenvalue weighted by molar-refractivity contribution is 0.385. The Balaban J connectivity index is 0.00000196. The molecule has 1 aromatic carbocycles. The van der Waals surface area contributed by atoms with Crippen molar-refractivity contribution in [3.63, 3.8) is 0 Å². The second-order valence-corrected chi connectivity index (χ2v) is 3.60. The normalized spacial score (nSPS) is 9.20. The monoisotopic (exact) mass is 250 g/mol. The number of methoxy groups -OCH3 is 1. The SMILES string of the molecule is COc1cccc(CSC(=N)N)c1F.Cl. The van der Waals surface area contributed by atoms with Crippen molar-refractivity contribution in [2.24, 2.45) is 5.73 Å². The fraction of sp³-hybridized carbons (Fsp3) is 0.222. The van der Waals surface area contributed by atoms with E-state index in [1.165, 1.54) is 7.11 Å². The van der Waals surface area contributed by atoms with Crippen molar-refractivity contribution in [3.05, 3.63) is 29.6 Å². The fourth-order valence-electron chi connectivity index (χ4n) is 0.981. The Morgan fingerprint density at radius 3 is 2.80 bits per heavy atom. The van der Waals surface area contributed by atoms with Crippen LogP contribution in [0.25, 0.3) is 0 Å². The summed E-state index contributed by atoms with van der Waals surface area (Å²) < 4.78 is 18.3. The van der Waals surface area contributed by atoms with E-state index < -0.39 is 0 Å². The minimum atomic E-state index is -0.385. The van der Waals surface area contributed by atoms with Gasteiger partial charge in [-0.3, -0.25) is 5.41 Å². The lowest BCUT2D eigenvalue weighted by Crippen LogP contribution is -2.04. The number of nitrogens with one attached hydrogen (secondary N) is 1. The molecule has 0 aromatic heterocycles. The molecule has 0 spiro atoms. The minimum Gasteiger partial charge on any atom is -0.494 e. The van der Waals surface area contributed by atoms with Crippen LogP contribution in [0.1, 0.15) is 5.56 Å². The molecule has 0 amide bonds. The van der Waals surface area contributed by atoms with Gasteiger partial charge in [-0.05, 0) is 6.07 Å². The first kappa shape index (κ1) is 14.1. The van der Waals surface area contributed by atoms with Gasteiger partial charge < -0.3 is 10.5 Å². The molecular formula is C9H12ClFN2OS. The van der Waals surface area contributed by atoms with Crippen molar-refractivity contribution >= 4 is 29.3 Å². The van der Waals surface area contributed by atoms with Crippen LogP contribution in [0.15, 0.2) is 18.2 Å². The van der Waals surface area contributed by atoms with Crippen molar-refractivity contribution < 1.29 is 9.13 Å². The van der Waals surface area contributed by atoms with Gasteiger partial charge in [-0.25, -0.2) is 4.39 Å². The molecule has 1 aromatic rings. The van der Waals surface area contributed by atoms with Gasteiger partial charge in [-0.1, -0.05) is 23.9 Å². The van der Waals surface area contributed by atoms with Crippen LogP contribution in [-0.4, -0.2) is 12.3 Å². The number of thioether (sulfide) groups is 1. The topological polar surface area (TPSA) is 59.1 Å². The highest BCUT2D eigenvalue weighted by Gasteiger charge is 2.08. The molecule has 0 unspecified atom stereocenters. The highest BCUT2D eigenvalue weighted by atomic mass is 35.5. The molecule has 84 valence electrons. The van der Waals surface area contributed by atoms with Gasteiger partial charge >= 0.3 is 0 Å². The van der Waals surface area contributed by atoms with Crippen LogP contribution in [0.4, 0.5) is 4.39 Å². The van der Waals surface area contributed by atoms with Crippen molar-refractivity contribution in [3.8, 4) is 5.75 Å². The second kappa shape index (κ2) is 6.53. The Bertz CT molecular complexity index is 349. The Kier molecular flexibility index (Phi) is 6.12. The third kappa shape index (κ3) is 3.97. The van der Waals surface area contributed by atoms with Gasteiger partial charge in [0.15, 0.2) is 16.7 Å². The van der Waals surface area contributed by atoms with Crippen LogP contribution < -0.4 is 10.5 Å². The van der Waals surface area contributed by atoms with Gasteiger partial charge in [0.1, 0.15) is 0 Å². The van der Waals surface area contributed by atoms with Crippen LogP contribution >= 0.6 is 24.2 Å². The molecule has 0 saturated heterocycles. The smallest absolute Gasteiger partial charge is 0.169 e. The molecule has 0 fully saturated rings. The lowest BCUT2D eigenvalue weighted by atomic mass is 10.2. The summed E-state index contributed by atoms with van der Waals surface area (Å²) in [5.41, 5.74) is 5.64. The number of halogens is 2. The molecule has 15 heavy (non-hydrogen) atoms. The maximum absolute atomic E-state index is 13.5. The zero-order valence-electron chi connectivity index (χ0n) is 8.12. The molecule has 0 aliphatic rings. The zero-order valence-corrected chi connectivity index (χ0v) is 9.75. The lowest BCUT2D eigenvalue weighted by Gasteiger charge is -2.06. The Labute approximate surface area is 98.1 Å². The van der Waals surface area contributed by atoms with E-state index in [1.54, 1.807) is 18.2 Å². The van der Waals surface area contributed by atoms with Crippen LogP contribution in [0, 0.1) is 11.2 Å². The second-order valence-electron chi connectivity index (χ2n) is 2.59. The summed E-state index contributed by atoms with van der Waals surface area (Å²) in [6.45, 7) is 0. The highest BCUT2D eigenvalue weighted by molar-refractivity contribution is 8.13. The fourth-order valence-corrected chi connectivity index (χ4v) is 1.51. The van der Waals surface area contributed by atoms with Gasteiger partial charge in [0.25, 0.3) is 0 Å². The van der Waals surface area contributed by atoms with Crippen molar-refractivity contribution in [2.45, 2.75) is 5.75 Å². The van der Waals surface area contributed by atoms with E-state index in [-0.39, 0.29) is 29.1 Å². The average molecular weight is 251 g/mol. The zero-order chi connectivity index (χ0) is 10.6. The molecule has 0 aliphatic carbocycles. The van der Waals surface area contributed by atoms with Gasteiger partial charge in [-0.15, -0.1) is 12.4 Å². The summed E-state index contributed by atoms with van der Waals surface area (Å²) in [5.74, 6) is 0.175. The third-order valence-electron chi connectivity index (χ3n) is 1.65. The summed E-state index contributed by atoms with van der Waals surface area (Å²) in [7, 11) is 1.42. The summed E-state index contributed by atoms with van der Waals surface area (Å²) in [5, 5.41) is 6.98. The summed E-state index contributed by atoms with van der Waals surface area (Å²) in [6.07, 6.45) is 0. The van der Waals surface area contributed by atoms with Crippen LogP contribution in [-0.2, 0) is 5.75 Å². The molecular weight excluding hydrogens is 239 g/mol. The largest absolute Gasteiger partial charge is 0.494 e. The standard InChI is InChI=1S/C9H11FN2OS.ClH/c1-13-7-4-2-3-6(8(7)10)5-14-9(11)12;/h2-4H,5H2,1H3,(H3,11,12);1H. The van der Waals surface area contributed by atoms with Crippen molar-refractivity contribution in [2.75, 3.05) is 7.11 Å². The predicted octanol–water partition coefficient (Wildman–Crippen LogP) is 2.38. The van der Waals surface area contributed by atoms with E-state index in [4.69, 9.17) is 15.9 Å². The highest BCUT2D eigenvalue weighted by Crippen LogP contribution is 2.23. The summed E-state index contributed by atoms with van der Waals surface area (Å²) >= 11 is 1.08. The number of nitrogens with two attached hydrogens (primary N) is 1. The molecule has 0 atom stereocenters. The van der Waals surface area contributed by atoms with Crippen molar-refractivity contribution in [1.82, 2.24) is 0 Å². The molecule has 0 radical (unpaired) electrons. The molecule has 0 aliphatic heterocycles. The first-order valence-electron chi connectivity index (χ1n) is 3.93. The molecule has 6 heteroatoms.